The number of Topliss-reactive ketones (excluding diaryl/α,β-unsaturated/α-hetero) is 1. The molecule has 1 aromatic rings. The molecule has 1 rings (SSSR count). The average molecular weight is 174 g/mol. The zero-order chi connectivity index (χ0) is 10.0. The van der Waals surface area contributed by atoms with Crippen LogP contribution < -0.4 is 0 Å². The molecule has 0 bridgehead atoms. The smallest absolute Gasteiger partial charge is 0.161 e. The fraction of sp³-hybridized carbons (Fsp3) is 0.300. The molecule has 0 aliphatic heterocycles. The van der Waals surface area contributed by atoms with Crippen LogP contribution in [-0.4, -0.2) is 10.8 Å². The number of carbonyl (C=O) groups excluding carboxylic acids is 1. The van der Waals surface area contributed by atoms with Crippen molar-refractivity contribution in [1.82, 2.24) is 4.98 Å². The lowest BCUT2D eigenvalue weighted by Gasteiger charge is -2.05. The van der Waals surface area contributed by atoms with E-state index in [-0.39, 0.29) is 5.78 Å². The molecule has 0 saturated carbocycles. The van der Waals surface area contributed by atoms with Crippen LogP contribution in [0.15, 0.2) is 6.20 Å². The van der Waals surface area contributed by atoms with Crippen molar-refractivity contribution in [1.29, 1.82) is 5.26 Å². The van der Waals surface area contributed by atoms with Gasteiger partial charge in [-0.2, -0.15) is 5.26 Å². The molecule has 66 valence electrons. The maximum absolute atomic E-state index is 11.2. The number of aryl methyl sites for hydroxylation is 1. The van der Waals surface area contributed by atoms with Gasteiger partial charge >= 0.3 is 0 Å². The quantitative estimate of drug-likeness (QED) is 0.610. The normalized spacial score (nSPS) is 9.38. The summed E-state index contributed by atoms with van der Waals surface area (Å²) in [5, 5.41) is 8.71. The van der Waals surface area contributed by atoms with Crippen molar-refractivity contribution >= 4 is 5.78 Å². The van der Waals surface area contributed by atoms with Crippen LogP contribution in [0.5, 0.6) is 0 Å². The molecule has 1 heterocycles. The van der Waals surface area contributed by atoms with Crippen LogP contribution in [0.25, 0.3) is 0 Å². The summed E-state index contributed by atoms with van der Waals surface area (Å²) >= 11 is 0. The second-order valence-electron chi connectivity index (χ2n) is 2.93. The zero-order valence-corrected chi connectivity index (χ0v) is 7.88. The van der Waals surface area contributed by atoms with Crippen molar-refractivity contribution < 1.29 is 4.79 Å². The third-order valence-electron chi connectivity index (χ3n) is 2.00. The van der Waals surface area contributed by atoms with E-state index >= 15 is 0 Å². The van der Waals surface area contributed by atoms with Gasteiger partial charge in [0.05, 0.1) is 5.56 Å². The van der Waals surface area contributed by atoms with Crippen molar-refractivity contribution in [3.8, 4) is 6.07 Å². The molecule has 3 heteroatoms. The van der Waals surface area contributed by atoms with Gasteiger partial charge in [-0.05, 0) is 26.3 Å². The number of ketones is 1. The Hall–Kier alpha value is -1.69. The fourth-order valence-electron chi connectivity index (χ4n) is 1.36. The fourth-order valence-corrected chi connectivity index (χ4v) is 1.36. The Morgan fingerprint density at radius 2 is 2.15 bits per heavy atom. The monoisotopic (exact) mass is 174 g/mol. The number of hydrogen-bond acceptors (Lipinski definition) is 3. The zero-order valence-electron chi connectivity index (χ0n) is 7.88. The number of rotatable bonds is 1. The Bertz CT molecular complexity index is 402. The van der Waals surface area contributed by atoms with Crippen LogP contribution in [0.4, 0.5) is 0 Å². The Morgan fingerprint density at radius 1 is 1.54 bits per heavy atom. The second-order valence-corrected chi connectivity index (χ2v) is 2.93. The average Bonchev–Trinajstić information content (AvgIpc) is 2.04. The molecular formula is C10H10N2O. The van der Waals surface area contributed by atoms with E-state index in [4.69, 9.17) is 5.26 Å². The second kappa shape index (κ2) is 3.36. The Labute approximate surface area is 77.0 Å². The molecule has 0 aliphatic carbocycles. The van der Waals surface area contributed by atoms with E-state index in [2.05, 4.69) is 4.98 Å². The van der Waals surface area contributed by atoms with Crippen LogP contribution >= 0.6 is 0 Å². The van der Waals surface area contributed by atoms with Crippen molar-refractivity contribution in [2.24, 2.45) is 0 Å². The van der Waals surface area contributed by atoms with Gasteiger partial charge in [-0.3, -0.25) is 9.78 Å². The summed E-state index contributed by atoms with van der Waals surface area (Å²) in [5.74, 6) is -0.0420. The van der Waals surface area contributed by atoms with Gasteiger partial charge in [-0.25, -0.2) is 0 Å². The van der Waals surface area contributed by atoms with E-state index in [1.54, 1.807) is 13.8 Å². The summed E-state index contributed by atoms with van der Waals surface area (Å²) in [6, 6.07) is 2.00. The molecule has 0 amide bonds. The van der Waals surface area contributed by atoms with Crippen LogP contribution in [0.2, 0.25) is 0 Å². The molecule has 0 aliphatic rings. The maximum atomic E-state index is 11.2. The van der Waals surface area contributed by atoms with Crippen molar-refractivity contribution in [3.63, 3.8) is 0 Å². The highest BCUT2D eigenvalue weighted by atomic mass is 16.1. The highest BCUT2D eigenvalue weighted by Crippen LogP contribution is 2.15. The first kappa shape index (κ1) is 9.40. The van der Waals surface area contributed by atoms with Gasteiger partial charge in [0.15, 0.2) is 5.78 Å². The topological polar surface area (TPSA) is 53.8 Å². The van der Waals surface area contributed by atoms with Gasteiger partial charge in [-0.15, -0.1) is 0 Å². The summed E-state index contributed by atoms with van der Waals surface area (Å²) in [6.45, 7) is 5.02. The molecule has 0 spiro atoms. The van der Waals surface area contributed by atoms with E-state index in [1.165, 1.54) is 13.1 Å². The largest absolute Gasteiger partial charge is 0.294 e. The minimum absolute atomic E-state index is 0.0420. The first-order valence-electron chi connectivity index (χ1n) is 3.95. The summed E-state index contributed by atoms with van der Waals surface area (Å²) < 4.78 is 0. The van der Waals surface area contributed by atoms with Crippen LogP contribution in [-0.2, 0) is 0 Å². The van der Waals surface area contributed by atoms with E-state index in [0.717, 1.165) is 5.56 Å². The highest BCUT2D eigenvalue weighted by Gasteiger charge is 2.11. The number of nitrogens with zero attached hydrogens (tertiary/aromatic N) is 2. The molecule has 0 fully saturated rings. The predicted molar refractivity (Wildman–Crippen MR) is 48.4 cm³/mol. The minimum Gasteiger partial charge on any atom is -0.294 e. The molecule has 13 heavy (non-hydrogen) atoms. The predicted octanol–water partition coefficient (Wildman–Crippen LogP) is 1.77. The Morgan fingerprint density at radius 3 is 2.62 bits per heavy atom. The third kappa shape index (κ3) is 1.57. The molecule has 0 radical (unpaired) electrons. The standard InChI is InChI=1S/C10H10N2O/c1-6-9(4-11)5-12-7(2)10(6)8(3)13/h5H,1-3H3. The van der Waals surface area contributed by atoms with Crippen molar-refractivity contribution in [3.05, 3.63) is 28.6 Å². The third-order valence-corrected chi connectivity index (χ3v) is 2.00. The molecule has 1 aromatic heterocycles. The Balaban J connectivity index is 3.50. The van der Waals surface area contributed by atoms with Crippen LogP contribution in [0.1, 0.15) is 34.1 Å². The number of pyridine rings is 1. The minimum atomic E-state index is -0.0420. The lowest BCUT2D eigenvalue weighted by molar-refractivity contribution is 0.101. The summed E-state index contributed by atoms with van der Waals surface area (Å²) in [6.07, 6.45) is 1.50. The molecular weight excluding hydrogens is 164 g/mol. The van der Waals surface area contributed by atoms with Crippen molar-refractivity contribution in [2.75, 3.05) is 0 Å². The lowest BCUT2D eigenvalue weighted by atomic mass is 10.0. The number of carbonyl (C=O) groups is 1. The summed E-state index contributed by atoms with van der Waals surface area (Å²) in [4.78, 5) is 15.2. The van der Waals surface area contributed by atoms with Gasteiger partial charge in [0.1, 0.15) is 6.07 Å². The van der Waals surface area contributed by atoms with E-state index in [9.17, 15) is 4.79 Å². The van der Waals surface area contributed by atoms with E-state index in [0.29, 0.717) is 16.8 Å². The summed E-state index contributed by atoms with van der Waals surface area (Å²) in [5.41, 5.74) is 2.45. The van der Waals surface area contributed by atoms with E-state index < -0.39 is 0 Å². The molecule has 0 atom stereocenters. The lowest BCUT2D eigenvalue weighted by Crippen LogP contribution is -2.04. The Kier molecular flexibility index (Phi) is 2.43. The first-order valence-corrected chi connectivity index (χ1v) is 3.95. The summed E-state index contributed by atoms with van der Waals surface area (Å²) in [7, 11) is 0. The van der Waals surface area contributed by atoms with Gasteiger partial charge in [-0.1, -0.05) is 0 Å². The molecule has 0 N–H and O–H groups in total. The number of hydrogen-bond donors (Lipinski definition) is 0. The van der Waals surface area contributed by atoms with Gasteiger partial charge < -0.3 is 0 Å². The first-order chi connectivity index (χ1) is 6.07. The molecule has 3 nitrogen and oxygen atoms in total. The van der Waals surface area contributed by atoms with Crippen molar-refractivity contribution in [2.45, 2.75) is 20.8 Å². The molecule has 0 saturated heterocycles. The number of aromatic nitrogens is 1. The van der Waals surface area contributed by atoms with E-state index in [1.807, 2.05) is 6.07 Å². The maximum Gasteiger partial charge on any atom is 0.161 e. The van der Waals surface area contributed by atoms with Crippen LogP contribution in [0.3, 0.4) is 0 Å². The van der Waals surface area contributed by atoms with Crippen LogP contribution in [0, 0.1) is 25.2 Å². The van der Waals surface area contributed by atoms with Gasteiger partial charge in [0.25, 0.3) is 0 Å². The highest BCUT2D eigenvalue weighted by molar-refractivity contribution is 5.96. The number of nitriles is 1. The van der Waals surface area contributed by atoms with Gasteiger partial charge in [0, 0.05) is 17.5 Å². The molecule has 0 aromatic carbocycles. The van der Waals surface area contributed by atoms with Gasteiger partial charge in [0.2, 0.25) is 0 Å². The SMILES string of the molecule is CC(=O)c1c(C)ncc(C#N)c1C. The molecule has 0 unspecified atom stereocenters.